The lowest BCUT2D eigenvalue weighted by atomic mass is 10.1. The Kier molecular flexibility index (Phi) is 4.71. The van der Waals surface area contributed by atoms with E-state index in [4.69, 9.17) is 0 Å². The van der Waals surface area contributed by atoms with Crippen LogP contribution in [0.1, 0.15) is 24.2 Å². The zero-order chi connectivity index (χ0) is 14.4. The molecule has 2 rings (SSSR count). The van der Waals surface area contributed by atoms with Crippen LogP contribution in [0.2, 0.25) is 0 Å². The van der Waals surface area contributed by atoms with E-state index in [0.717, 1.165) is 11.4 Å². The highest BCUT2D eigenvalue weighted by Crippen LogP contribution is 2.21. The number of nitrogens with one attached hydrogen (secondary N) is 1. The number of hydrogen-bond donors (Lipinski definition) is 1. The van der Waals surface area contributed by atoms with Crippen molar-refractivity contribution in [1.82, 2.24) is 9.88 Å². The second-order valence-corrected chi connectivity index (χ2v) is 4.38. The minimum Gasteiger partial charge on any atom is -0.355 e. The Labute approximate surface area is 119 Å². The van der Waals surface area contributed by atoms with Crippen LogP contribution in [0.15, 0.2) is 48.8 Å². The van der Waals surface area contributed by atoms with Gasteiger partial charge in [0.2, 0.25) is 0 Å². The molecule has 0 aliphatic rings. The molecule has 1 N–H and O–H groups in total. The van der Waals surface area contributed by atoms with Gasteiger partial charge in [-0.1, -0.05) is 12.1 Å². The Morgan fingerprint density at radius 2 is 1.75 bits per heavy atom. The molecule has 4 nitrogen and oxygen atoms in total. The summed E-state index contributed by atoms with van der Waals surface area (Å²) in [7, 11) is 0. The van der Waals surface area contributed by atoms with Gasteiger partial charge >= 0.3 is 0 Å². The van der Waals surface area contributed by atoms with Crippen LogP contribution in [0.5, 0.6) is 0 Å². The van der Waals surface area contributed by atoms with Crippen LogP contribution in [0, 0.1) is 0 Å². The molecule has 4 heteroatoms. The molecule has 2 aromatic rings. The van der Waals surface area contributed by atoms with Gasteiger partial charge in [0.15, 0.2) is 0 Å². The normalized spacial score (nSPS) is 10.1. The van der Waals surface area contributed by atoms with Crippen molar-refractivity contribution in [3.8, 4) is 0 Å². The van der Waals surface area contributed by atoms with Crippen LogP contribution in [0.3, 0.4) is 0 Å². The van der Waals surface area contributed by atoms with E-state index >= 15 is 0 Å². The Bertz CT molecular complexity index is 565. The largest absolute Gasteiger partial charge is 0.355 e. The van der Waals surface area contributed by atoms with E-state index in [1.54, 1.807) is 12.4 Å². The molecule has 1 heterocycles. The van der Waals surface area contributed by atoms with Gasteiger partial charge in [-0.05, 0) is 38.1 Å². The first-order valence-corrected chi connectivity index (χ1v) is 6.81. The number of pyridine rings is 1. The van der Waals surface area contributed by atoms with Crippen molar-refractivity contribution in [3.05, 3.63) is 54.4 Å². The Morgan fingerprint density at radius 3 is 2.40 bits per heavy atom. The quantitative estimate of drug-likeness (QED) is 0.905. The summed E-state index contributed by atoms with van der Waals surface area (Å²) in [5, 5.41) is 3.27. The summed E-state index contributed by atoms with van der Waals surface area (Å²) in [6, 6.07) is 11.3. The number of amides is 1. The number of para-hydroxylation sites is 1. The third-order valence-electron chi connectivity index (χ3n) is 3.17. The van der Waals surface area contributed by atoms with E-state index in [9.17, 15) is 4.79 Å². The molecule has 0 spiro atoms. The highest BCUT2D eigenvalue weighted by atomic mass is 16.2. The molecule has 0 saturated heterocycles. The van der Waals surface area contributed by atoms with Gasteiger partial charge in [-0.2, -0.15) is 0 Å². The van der Waals surface area contributed by atoms with Crippen molar-refractivity contribution in [3.63, 3.8) is 0 Å². The maximum absolute atomic E-state index is 12.5. The molecule has 0 aliphatic heterocycles. The average Bonchev–Trinajstić information content (AvgIpc) is 2.50. The second kappa shape index (κ2) is 6.70. The van der Waals surface area contributed by atoms with Crippen LogP contribution in [-0.2, 0) is 0 Å². The third-order valence-corrected chi connectivity index (χ3v) is 3.17. The fraction of sp³-hybridized carbons (Fsp3) is 0.250. The topological polar surface area (TPSA) is 45.2 Å². The molecule has 104 valence electrons. The zero-order valence-electron chi connectivity index (χ0n) is 11.8. The highest BCUT2D eigenvalue weighted by molar-refractivity contribution is 6.00. The number of hydrogen-bond acceptors (Lipinski definition) is 3. The lowest BCUT2D eigenvalue weighted by molar-refractivity contribution is 0.0774. The van der Waals surface area contributed by atoms with Gasteiger partial charge in [-0.3, -0.25) is 9.78 Å². The summed E-state index contributed by atoms with van der Waals surface area (Å²) < 4.78 is 0. The number of rotatable bonds is 5. The van der Waals surface area contributed by atoms with E-state index in [-0.39, 0.29) is 5.91 Å². The van der Waals surface area contributed by atoms with Gasteiger partial charge in [0.05, 0.1) is 11.3 Å². The molecule has 1 aromatic carbocycles. The second-order valence-electron chi connectivity index (χ2n) is 4.38. The molecule has 0 atom stereocenters. The van der Waals surface area contributed by atoms with Gasteiger partial charge in [0.25, 0.3) is 5.91 Å². The van der Waals surface area contributed by atoms with E-state index in [0.29, 0.717) is 18.7 Å². The lowest BCUT2D eigenvalue weighted by Gasteiger charge is -2.20. The first-order chi connectivity index (χ1) is 9.76. The van der Waals surface area contributed by atoms with Gasteiger partial charge in [0.1, 0.15) is 0 Å². The predicted molar refractivity (Wildman–Crippen MR) is 81.2 cm³/mol. The van der Waals surface area contributed by atoms with Gasteiger partial charge in [0, 0.05) is 31.2 Å². The number of nitrogens with zero attached hydrogens (tertiary/aromatic N) is 2. The summed E-state index contributed by atoms with van der Waals surface area (Å²) in [5.41, 5.74) is 2.42. The van der Waals surface area contributed by atoms with Crippen molar-refractivity contribution in [2.24, 2.45) is 0 Å². The summed E-state index contributed by atoms with van der Waals surface area (Å²) in [5.74, 6) is 0.0483. The number of carbonyl (C=O) groups excluding carboxylic acids is 1. The van der Waals surface area contributed by atoms with Crippen LogP contribution in [-0.4, -0.2) is 28.9 Å². The fourth-order valence-corrected chi connectivity index (χ4v) is 2.05. The number of carbonyl (C=O) groups is 1. The number of benzene rings is 1. The first-order valence-electron chi connectivity index (χ1n) is 6.81. The Morgan fingerprint density at radius 1 is 1.10 bits per heavy atom. The van der Waals surface area contributed by atoms with Crippen LogP contribution in [0.4, 0.5) is 11.4 Å². The van der Waals surface area contributed by atoms with Gasteiger partial charge in [-0.15, -0.1) is 0 Å². The van der Waals surface area contributed by atoms with Crippen molar-refractivity contribution < 1.29 is 4.79 Å². The smallest absolute Gasteiger partial charge is 0.255 e. The average molecular weight is 269 g/mol. The molecule has 0 saturated carbocycles. The van der Waals surface area contributed by atoms with E-state index in [2.05, 4.69) is 10.3 Å². The summed E-state index contributed by atoms with van der Waals surface area (Å²) in [6.45, 7) is 5.39. The molecule has 0 unspecified atom stereocenters. The molecule has 1 aromatic heterocycles. The van der Waals surface area contributed by atoms with Gasteiger partial charge in [-0.25, -0.2) is 0 Å². The number of anilines is 2. The Balaban J connectivity index is 2.29. The van der Waals surface area contributed by atoms with E-state index in [1.807, 2.05) is 55.1 Å². The molecular formula is C16H19N3O. The molecular weight excluding hydrogens is 250 g/mol. The zero-order valence-corrected chi connectivity index (χ0v) is 11.8. The van der Waals surface area contributed by atoms with Crippen molar-refractivity contribution in [2.45, 2.75) is 13.8 Å². The fourth-order valence-electron chi connectivity index (χ4n) is 2.05. The highest BCUT2D eigenvalue weighted by Gasteiger charge is 2.15. The summed E-state index contributed by atoms with van der Waals surface area (Å²) in [4.78, 5) is 18.3. The molecule has 0 radical (unpaired) electrons. The Hall–Kier alpha value is -2.36. The standard InChI is InChI=1S/C16H19N3O/c1-3-19(4-2)16(20)14-7-5-6-8-15(14)18-13-9-11-17-12-10-13/h5-12H,3-4H2,1-2H3,(H,17,18). The van der Waals surface area contributed by atoms with Crippen molar-refractivity contribution in [2.75, 3.05) is 18.4 Å². The first kappa shape index (κ1) is 14.1. The molecule has 0 bridgehead atoms. The predicted octanol–water partition coefficient (Wildman–Crippen LogP) is 3.31. The van der Waals surface area contributed by atoms with Gasteiger partial charge < -0.3 is 10.2 Å². The minimum atomic E-state index is 0.0483. The molecule has 0 aliphatic carbocycles. The summed E-state index contributed by atoms with van der Waals surface area (Å²) in [6.07, 6.45) is 3.44. The monoisotopic (exact) mass is 269 g/mol. The van der Waals surface area contributed by atoms with E-state index in [1.165, 1.54) is 0 Å². The van der Waals surface area contributed by atoms with Crippen LogP contribution >= 0.6 is 0 Å². The van der Waals surface area contributed by atoms with Crippen molar-refractivity contribution >= 4 is 17.3 Å². The van der Waals surface area contributed by atoms with Crippen molar-refractivity contribution in [1.29, 1.82) is 0 Å². The molecule has 20 heavy (non-hydrogen) atoms. The summed E-state index contributed by atoms with van der Waals surface area (Å²) >= 11 is 0. The third kappa shape index (κ3) is 3.15. The van der Waals surface area contributed by atoms with Crippen LogP contribution in [0.25, 0.3) is 0 Å². The lowest BCUT2D eigenvalue weighted by Crippen LogP contribution is -2.30. The molecule has 0 fully saturated rings. The molecule has 1 amide bonds. The van der Waals surface area contributed by atoms with E-state index < -0.39 is 0 Å². The van der Waals surface area contributed by atoms with Crippen LogP contribution < -0.4 is 5.32 Å². The number of aromatic nitrogens is 1. The minimum absolute atomic E-state index is 0.0483. The SMILES string of the molecule is CCN(CC)C(=O)c1ccccc1Nc1ccncc1. The maximum Gasteiger partial charge on any atom is 0.255 e. The maximum atomic E-state index is 12.5.